The number of hydrogen-bond donors (Lipinski definition) is 0. The Kier molecular flexibility index (Phi) is 2.55. The van der Waals surface area contributed by atoms with Crippen molar-refractivity contribution in [2.75, 3.05) is 0 Å². The van der Waals surface area contributed by atoms with Gasteiger partial charge in [-0.25, -0.2) is 0 Å². The Morgan fingerprint density at radius 1 is 1.29 bits per heavy atom. The summed E-state index contributed by atoms with van der Waals surface area (Å²) in [6.07, 6.45) is 4.12. The molecule has 90 valence electrons. The Bertz CT molecular complexity index is 450. The maximum atomic E-state index is 12.2. The quantitative estimate of drug-likeness (QED) is 0.728. The summed E-state index contributed by atoms with van der Waals surface area (Å²) >= 11 is 5.90. The van der Waals surface area contributed by atoms with Gasteiger partial charge in [-0.3, -0.25) is 4.79 Å². The van der Waals surface area contributed by atoms with Gasteiger partial charge >= 0.3 is 0 Å². The van der Waals surface area contributed by atoms with Gasteiger partial charge in [0.05, 0.1) is 0 Å². The summed E-state index contributed by atoms with van der Waals surface area (Å²) in [5.41, 5.74) is 1.27. The lowest BCUT2D eigenvalue weighted by Crippen LogP contribution is -2.29. The topological polar surface area (TPSA) is 17.1 Å². The predicted octanol–water partition coefficient (Wildman–Crippen LogP) is 4.20. The fourth-order valence-corrected chi connectivity index (χ4v) is 3.70. The van der Waals surface area contributed by atoms with Crippen LogP contribution in [-0.2, 0) is 4.79 Å². The molecule has 1 spiro atoms. The molecule has 2 aliphatic carbocycles. The summed E-state index contributed by atoms with van der Waals surface area (Å²) in [7, 11) is 0. The van der Waals surface area contributed by atoms with Crippen molar-refractivity contribution in [2.24, 2.45) is 11.3 Å². The summed E-state index contributed by atoms with van der Waals surface area (Å²) in [6.45, 7) is 2.24. The zero-order valence-corrected chi connectivity index (χ0v) is 10.8. The second-order valence-electron chi connectivity index (χ2n) is 5.57. The summed E-state index contributed by atoms with van der Waals surface area (Å²) in [5.74, 6) is 1.49. The highest BCUT2D eigenvalue weighted by Gasteiger charge is 2.63. The number of rotatable bonds is 1. The molecule has 1 aromatic rings. The van der Waals surface area contributed by atoms with E-state index in [0.717, 1.165) is 24.3 Å². The molecule has 0 unspecified atom stereocenters. The van der Waals surface area contributed by atoms with Crippen LogP contribution in [0, 0.1) is 11.3 Å². The number of carbonyl (C=O) groups is 1. The van der Waals surface area contributed by atoms with Gasteiger partial charge in [0.25, 0.3) is 0 Å². The zero-order valence-electron chi connectivity index (χ0n) is 10.1. The monoisotopic (exact) mass is 248 g/mol. The number of halogens is 1. The number of carbonyl (C=O) groups excluding carboxylic acids is 1. The largest absolute Gasteiger partial charge is 0.299 e. The molecule has 0 aromatic heterocycles. The third-order valence-corrected chi connectivity index (χ3v) is 4.97. The van der Waals surface area contributed by atoms with E-state index in [4.69, 9.17) is 11.6 Å². The van der Waals surface area contributed by atoms with Crippen LogP contribution in [0.2, 0.25) is 5.02 Å². The molecule has 0 radical (unpaired) electrons. The fraction of sp³-hybridized carbons (Fsp3) is 0.533. The first-order chi connectivity index (χ1) is 8.14. The molecule has 0 N–H and O–H groups in total. The van der Waals surface area contributed by atoms with Crippen LogP contribution in [-0.4, -0.2) is 5.78 Å². The van der Waals surface area contributed by atoms with Gasteiger partial charge in [0.1, 0.15) is 5.78 Å². The van der Waals surface area contributed by atoms with Gasteiger partial charge in [0, 0.05) is 16.9 Å². The third-order valence-electron chi connectivity index (χ3n) is 4.72. The van der Waals surface area contributed by atoms with E-state index in [1.54, 1.807) is 0 Å². The molecule has 1 nitrogen and oxygen atoms in total. The minimum absolute atomic E-state index is 0.0217. The van der Waals surface area contributed by atoms with E-state index < -0.39 is 0 Å². The summed E-state index contributed by atoms with van der Waals surface area (Å²) in [4.78, 5) is 12.2. The van der Waals surface area contributed by atoms with Crippen molar-refractivity contribution in [1.29, 1.82) is 0 Å². The van der Waals surface area contributed by atoms with E-state index in [1.807, 2.05) is 12.1 Å². The van der Waals surface area contributed by atoms with Crippen LogP contribution in [0.15, 0.2) is 24.3 Å². The lowest BCUT2D eigenvalue weighted by molar-refractivity contribution is -0.128. The summed E-state index contributed by atoms with van der Waals surface area (Å²) in [6, 6.07) is 8.02. The number of ketones is 1. The number of Topliss-reactive ketones (excluding diaryl/α,β-unsaturated/α-hetero) is 1. The second kappa shape index (κ2) is 3.84. The number of hydrogen-bond acceptors (Lipinski definition) is 1. The number of benzene rings is 1. The van der Waals surface area contributed by atoms with E-state index >= 15 is 0 Å². The molecule has 3 atom stereocenters. The Morgan fingerprint density at radius 3 is 2.65 bits per heavy atom. The molecule has 2 saturated carbocycles. The van der Waals surface area contributed by atoms with E-state index in [0.29, 0.717) is 17.6 Å². The maximum Gasteiger partial charge on any atom is 0.139 e. The third kappa shape index (κ3) is 1.63. The Labute approximate surface area is 107 Å². The average molecular weight is 249 g/mol. The van der Waals surface area contributed by atoms with Crippen molar-refractivity contribution >= 4 is 17.4 Å². The van der Waals surface area contributed by atoms with E-state index in [1.165, 1.54) is 12.0 Å². The zero-order chi connectivity index (χ0) is 12.0. The predicted molar refractivity (Wildman–Crippen MR) is 69.3 cm³/mol. The molecule has 1 aromatic carbocycles. The van der Waals surface area contributed by atoms with E-state index in [2.05, 4.69) is 19.1 Å². The Balaban J connectivity index is 1.88. The van der Waals surface area contributed by atoms with Crippen LogP contribution >= 0.6 is 11.6 Å². The lowest BCUT2D eigenvalue weighted by atomic mass is 9.74. The Morgan fingerprint density at radius 2 is 2.00 bits per heavy atom. The standard InChI is InChI=1S/C15H17ClO/c1-10-3-2-4-14(17)15(10)9-13(15)11-5-7-12(16)8-6-11/h5-8,10,13H,2-4,9H2,1H3/t10-,13-,15-/m1/s1. The highest BCUT2D eigenvalue weighted by molar-refractivity contribution is 6.30. The van der Waals surface area contributed by atoms with Crippen LogP contribution in [0.5, 0.6) is 0 Å². The van der Waals surface area contributed by atoms with Crippen molar-refractivity contribution in [3.63, 3.8) is 0 Å². The first kappa shape index (κ1) is 11.3. The molecule has 0 saturated heterocycles. The van der Waals surface area contributed by atoms with Gasteiger partial charge in [-0.1, -0.05) is 30.7 Å². The van der Waals surface area contributed by atoms with E-state index in [-0.39, 0.29) is 5.41 Å². The van der Waals surface area contributed by atoms with E-state index in [9.17, 15) is 4.79 Å². The van der Waals surface area contributed by atoms with Crippen LogP contribution in [0.1, 0.15) is 44.1 Å². The first-order valence-corrected chi connectivity index (χ1v) is 6.81. The molecule has 0 aliphatic heterocycles. The molecule has 2 fully saturated rings. The SMILES string of the molecule is C[C@@H]1CCCC(=O)[C@]12C[C@@H]2c1ccc(Cl)cc1. The smallest absolute Gasteiger partial charge is 0.139 e. The molecular weight excluding hydrogens is 232 g/mol. The van der Waals surface area contributed by atoms with Crippen molar-refractivity contribution in [3.8, 4) is 0 Å². The molecule has 0 amide bonds. The average Bonchev–Trinajstić information content (AvgIpc) is 3.04. The van der Waals surface area contributed by atoms with Crippen LogP contribution in [0.4, 0.5) is 0 Å². The van der Waals surface area contributed by atoms with Gasteiger partial charge in [-0.2, -0.15) is 0 Å². The molecule has 0 bridgehead atoms. The maximum absolute atomic E-state index is 12.2. The highest BCUT2D eigenvalue weighted by atomic mass is 35.5. The Hall–Kier alpha value is -0.820. The lowest BCUT2D eigenvalue weighted by Gasteiger charge is -2.28. The van der Waals surface area contributed by atoms with Crippen molar-refractivity contribution in [2.45, 2.75) is 38.5 Å². The van der Waals surface area contributed by atoms with Crippen molar-refractivity contribution in [3.05, 3.63) is 34.9 Å². The summed E-state index contributed by atoms with van der Waals surface area (Å²) < 4.78 is 0. The van der Waals surface area contributed by atoms with Crippen molar-refractivity contribution < 1.29 is 4.79 Å². The molecule has 3 rings (SSSR count). The molecule has 2 aliphatic rings. The highest BCUT2D eigenvalue weighted by Crippen LogP contribution is 2.67. The van der Waals surface area contributed by atoms with Crippen molar-refractivity contribution in [1.82, 2.24) is 0 Å². The van der Waals surface area contributed by atoms with Gasteiger partial charge in [0.15, 0.2) is 0 Å². The molecule has 0 heterocycles. The van der Waals surface area contributed by atoms with Crippen LogP contribution in [0.25, 0.3) is 0 Å². The summed E-state index contributed by atoms with van der Waals surface area (Å²) in [5, 5.41) is 0.770. The molecule has 17 heavy (non-hydrogen) atoms. The minimum atomic E-state index is -0.0217. The second-order valence-corrected chi connectivity index (χ2v) is 6.00. The fourth-order valence-electron chi connectivity index (χ4n) is 3.58. The van der Waals surface area contributed by atoms with Crippen LogP contribution < -0.4 is 0 Å². The first-order valence-electron chi connectivity index (χ1n) is 6.43. The van der Waals surface area contributed by atoms with Gasteiger partial charge < -0.3 is 0 Å². The molecule has 2 heteroatoms. The van der Waals surface area contributed by atoms with Gasteiger partial charge in [0.2, 0.25) is 0 Å². The van der Waals surface area contributed by atoms with Crippen LogP contribution in [0.3, 0.4) is 0 Å². The molecular formula is C15H17ClO. The minimum Gasteiger partial charge on any atom is -0.299 e. The normalized spacial score (nSPS) is 36.2. The van der Waals surface area contributed by atoms with Gasteiger partial charge in [-0.15, -0.1) is 0 Å². The van der Waals surface area contributed by atoms with Gasteiger partial charge in [-0.05, 0) is 48.8 Å².